The third-order valence-corrected chi connectivity index (χ3v) is 1.67. The maximum Gasteiger partial charge on any atom is 0.256 e. The summed E-state index contributed by atoms with van der Waals surface area (Å²) in [5.41, 5.74) is 5.23. The summed E-state index contributed by atoms with van der Waals surface area (Å²) in [7, 11) is 0. The molecule has 0 unspecified atom stereocenters. The Morgan fingerprint density at radius 2 is 2.43 bits per heavy atom. The molecule has 0 saturated heterocycles. The van der Waals surface area contributed by atoms with Crippen LogP contribution in [0.3, 0.4) is 0 Å². The summed E-state index contributed by atoms with van der Waals surface area (Å²) < 4.78 is 9.93. The molecular formula is C8H15N3O3. The lowest BCUT2D eigenvalue weighted by Crippen LogP contribution is -2.11. The molecule has 0 aliphatic heterocycles. The van der Waals surface area contributed by atoms with Crippen LogP contribution in [-0.4, -0.2) is 35.0 Å². The van der Waals surface area contributed by atoms with E-state index in [-0.39, 0.29) is 12.4 Å². The van der Waals surface area contributed by atoms with Gasteiger partial charge in [-0.05, 0) is 6.92 Å². The predicted octanol–water partition coefficient (Wildman–Crippen LogP) is -0.359. The average Bonchev–Trinajstić information content (AvgIpc) is 2.66. The molecule has 1 atom stereocenters. The first-order chi connectivity index (χ1) is 6.77. The van der Waals surface area contributed by atoms with E-state index in [0.29, 0.717) is 25.5 Å². The van der Waals surface area contributed by atoms with E-state index < -0.39 is 6.10 Å². The molecule has 0 spiro atoms. The fraction of sp³-hybridized carbons (Fsp3) is 0.750. The van der Waals surface area contributed by atoms with E-state index in [0.717, 1.165) is 0 Å². The van der Waals surface area contributed by atoms with E-state index in [4.69, 9.17) is 15.0 Å². The van der Waals surface area contributed by atoms with Crippen LogP contribution in [-0.2, 0) is 11.2 Å². The highest BCUT2D eigenvalue weighted by Crippen LogP contribution is 2.08. The number of hydrogen-bond acceptors (Lipinski definition) is 6. The monoisotopic (exact) mass is 201 g/mol. The van der Waals surface area contributed by atoms with Gasteiger partial charge in [0.1, 0.15) is 6.10 Å². The smallest absolute Gasteiger partial charge is 0.256 e. The molecule has 1 rings (SSSR count). The Balaban J connectivity index is 2.42. The number of rotatable bonds is 6. The minimum absolute atomic E-state index is 0.0765. The summed E-state index contributed by atoms with van der Waals surface area (Å²) in [4.78, 5) is 3.97. The van der Waals surface area contributed by atoms with Gasteiger partial charge in [-0.15, -0.1) is 0 Å². The van der Waals surface area contributed by atoms with Gasteiger partial charge >= 0.3 is 0 Å². The lowest BCUT2D eigenvalue weighted by Gasteiger charge is -1.98. The van der Waals surface area contributed by atoms with E-state index in [9.17, 15) is 5.11 Å². The third-order valence-electron chi connectivity index (χ3n) is 1.67. The molecule has 0 radical (unpaired) electrons. The molecule has 0 aliphatic rings. The van der Waals surface area contributed by atoms with Crippen LogP contribution in [0, 0.1) is 0 Å². The fourth-order valence-corrected chi connectivity index (χ4v) is 0.913. The first kappa shape index (κ1) is 11.1. The standard InChI is InChI=1S/C8H15N3O3/c1-2-13-4-3-7-10-8(14-11-7)6(12)5-9/h6,12H,2-5,9H2,1H3/t6-/m0/s1. The van der Waals surface area contributed by atoms with Gasteiger partial charge in [-0.1, -0.05) is 5.16 Å². The average molecular weight is 201 g/mol. The summed E-state index contributed by atoms with van der Waals surface area (Å²) in [6, 6.07) is 0. The topological polar surface area (TPSA) is 94.4 Å². The summed E-state index contributed by atoms with van der Waals surface area (Å²) in [6.45, 7) is 3.21. The van der Waals surface area contributed by atoms with Crippen molar-refractivity contribution in [3.05, 3.63) is 11.7 Å². The van der Waals surface area contributed by atoms with Crippen molar-refractivity contribution < 1.29 is 14.4 Å². The molecule has 0 amide bonds. The van der Waals surface area contributed by atoms with Crippen molar-refractivity contribution in [3.8, 4) is 0 Å². The minimum Gasteiger partial charge on any atom is -0.382 e. The van der Waals surface area contributed by atoms with Crippen molar-refractivity contribution in [3.63, 3.8) is 0 Å². The minimum atomic E-state index is -0.872. The molecule has 1 heterocycles. The number of nitrogens with zero attached hydrogens (tertiary/aromatic N) is 2. The highest BCUT2D eigenvalue weighted by Gasteiger charge is 2.13. The van der Waals surface area contributed by atoms with Crippen LogP contribution in [0.2, 0.25) is 0 Å². The Labute approximate surface area is 82.1 Å². The van der Waals surface area contributed by atoms with Crippen molar-refractivity contribution in [2.24, 2.45) is 5.73 Å². The molecule has 1 aromatic rings. The quantitative estimate of drug-likeness (QED) is 0.610. The van der Waals surface area contributed by atoms with Crippen LogP contribution in [0.15, 0.2) is 4.52 Å². The van der Waals surface area contributed by atoms with Crippen LogP contribution in [0.5, 0.6) is 0 Å². The second-order valence-electron chi connectivity index (χ2n) is 2.75. The first-order valence-electron chi connectivity index (χ1n) is 4.56. The molecule has 3 N–H and O–H groups in total. The fourth-order valence-electron chi connectivity index (χ4n) is 0.913. The van der Waals surface area contributed by atoms with Crippen molar-refractivity contribution in [2.75, 3.05) is 19.8 Å². The zero-order valence-corrected chi connectivity index (χ0v) is 8.14. The lowest BCUT2D eigenvalue weighted by molar-refractivity contribution is 0.141. The van der Waals surface area contributed by atoms with Gasteiger partial charge in [0.05, 0.1) is 6.61 Å². The third kappa shape index (κ3) is 3.06. The molecule has 80 valence electrons. The van der Waals surface area contributed by atoms with Crippen LogP contribution in [0.25, 0.3) is 0 Å². The SMILES string of the molecule is CCOCCc1noc([C@@H](O)CN)n1. The molecule has 0 fully saturated rings. The van der Waals surface area contributed by atoms with E-state index in [1.54, 1.807) is 0 Å². The molecule has 6 nitrogen and oxygen atoms in total. The number of ether oxygens (including phenoxy) is 1. The van der Waals surface area contributed by atoms with E-state index >= 15 is 0 Å². The van der Waals surface area contributed by atoms with E-state index in [1.165, 1.54) is 0 Å². The Morgan fingerprint density at radius 3 is 3.07 bits per heavy atom. The molecule has 14 heavy (non-hydrogen) atoms. The van der Waals surface area contributed by atoms with Gasteiger partial charge in [-0.25, -0.2) is 0 Å². The number of aromatic nitrogens is 2. The molecule has 0 aliphatic carbocycles. The van der Waals surface area contributed by atoms with Crippen molar-refractivity contribution >= 4 is 0 Å². The first-order valence-corrected chi connectivity index (χ1v) is 4.56. The maximum absolute atomic E-state index is 9.26. The van der Waals surface area contributed by atoms with Crippen molar-refractivity contribution in [1.82, 2.24) is 10.1 Å². The van der Waals surface area contributed by atoms with Crippen molar-refractivity contribution in [2.45, 2.75) is 19.4 Å². The predicted molar refractivity (Wildman–Crippen MR) is 48.5 cm³/mol. The molecular weight excluding hydrogens is 186 g/mol. The van der Waals surface area contributed by atoms with Gasteiger partial charge in [0, 0.05) is 19.6 Å². The molecule has 6 heteroatoms. The van der Waals surface area contributed by atoms with Gasteiger partial charge in [-0.2, -0.15) is 4.98 Å². The molecule has 1 aromatic heterocycles. The largest absolute Gasteiger partial charge is 0.382 e. The molecule has 0 aromatic carbocycles. The van der Waals surface area contributed by atoms with E-state index in [1.807, 2.05) is 6.92 Å². The highest BCUT2D eigenvalue weighted by atomic mass is 16.5. The zero-order valence-electron chi connectivity index (χ0n) is 8.14. The summed E-state index contributed by atoms with van der Waals surface area (Å²) >= 11 is 0. The van der Waals surface area contributed by atoms with Crippen LogP contribution >= 0.6 is 0 Å². The zero-order chi connectivity index (χ0) is 10.4. The highest BCUT2D eigenvalue weighted by molar-refractivity contribution is 4.90. The summed E-state index contributed by atoms with van der Waals surface area (Å²) in [6.07, 6.45) is -0.294. The molecule has 0 saturated carbocycles. The van der Waals surface area contributed by atoms with Gasteiger partial charge < -0.3 is 20.1 Å². The normalized spacial score (nSPS) is 13.1. The lowest BCUT2D eigenvalue weighted by atomic mass is 10.3. The van der Waals surface area contributed by atoms with Crippen molar-refractivity contribution in [1.29, 1.82) is 0 Å². The van der Waals surface area contributed by atoms with Gasteiger partial charge in [-0.3, -0.25) is 0 Å². The van der Waals surface area contributed by atoms with Gasteiger partial charge in [0.2, 0.25) is 0 Å². The number of aliphatic hydroxyl groups is 1. The Morgan fingerprint density at radius 1 is 1.64 bits per heavy atom. The van der Waals surface area contributed by atoms with Gasteiger partial charge in [0.15, 0.2) is 5.82 Å². The van der Waals surface area contributed by atoms with E-state index in [2.05, 4.69) is 10.1 Å². The number of nitrogens with two attached hydrogens (primary N) is 1. The van der Waals surface area contributed by atoms with Crippen LogP contribution < -0.4 is 5.73 Å². The maximum atomic E-state index is 9.26. The number of hydrogen-bond donors (Lipinski definition) is 2. The summed E-state index contributed by atoms with van der Waals surface area (Å²) in [5.74, 6) is 0.694. The van der Waals surface area contributed by atoms with Gasteiger partial charge in [0.25, 0.3) is 5.89 Å². The number of aliphatic hydroxyl groups excluding tert-OH is 1. The van der Waals surface area contributed by atoms with Crippen LogP contribution in [0.4, 0.5) is 0 Å². The Hall–Kier alpha value is -0.980. The second-order valence-corrected chi connectivity index (χ2v) is 2.75. The van der Waals surface area contributed by atoms with Crippen LogP contribution in [0.1, 0.15) is 24.7 Å². The Kier molecular flexibility index (Phi) is 4.51. The molecule has 0 bridgehead atoms. The summed E-state index contributed by atoms with van der Waals surface area (Å²) in [5, 5.41) is 12.9. The Bertz CT molecular complexity index is 264. The second kappa shape index (κ2) is 5.69.